The van der Waals surface area contributed by atoms with E-state index in [4.69, 9.17) is 9.73 Å². The van der Waals surface area contributed by atoms with Crippen molar-refractivity contribution in [3.63, 3.8) is 0 Å². The molecule has 0 aliphatic carbocycles. The Kier molecular flexibility index (Phi) is 8.25. The third-order valence-corrected chi connectivity index (χ3v) is 7.69. The number of aryl methyl sites for hydroxylation is 3. The number of aliphatic imine (C=N–C) groups is 1. The van der Waals surface area contributed by atoms with Crippen molar-refractivity contribution in [2.24, 2.45) is 18.0 Å². The SMILES string of the molecule is CCCCc1ccc(C2=NC(C(=O)OCC)=C(C)C(C(C)c3ccc4nn(C)c(CC)c4c3)C2)cc1F. The van der Waals surface area contributed by atoms with E-state index in [1.807, 2.05) is 30.8 Å². The number of carbonyl (C=O) groups is 1. The molecule has 4 rings (SSSR count). The Labute approximate surface area is 219 Å². The van der Waals surface area contributed by atoms with Crippen molar-refractivity contribution in [2.45, 2.75) is 72.6 Å². The number of esters is 1. The topological polar surface area (TPSA) is 56.5 Å². The van der Waals surface area contributed by atoms with Gasteiger partial charge in [-0.3, -0.25) is 4.68 Å². The number of hydrogen-bond acceptors (Lipinski definition) is 4. The van der Waals surface area contributed by atoms with Crippen LogP contribution in [-0.4, -0.2) is 28.1 Å². The average molecular weight is 504 g/mol. The van der Waals surface area contributed by atoms with E-state index in [0.29, 0.717) is 12.1 Å². The summed E-state index contributed by atoms with van der Waals surface area (Å²) in [5, 5.41) is 5.81. The summed E-state index contributed by atoms with van der Waals surface area (Å²) in [4.78, 5) is 17.7. The maximum absolute atomic E-state index is 15.0. The summed E-state index contributed by atoms with van der Waals surface area (Å²) >= 11 is 0. The smallest absolute Gasteiger partial charge is 0.356 e. The van der Waals surface area contributed by atoms with Crippen LogP contribution < -0.4 is 0 Å². The zero-order valence-electron chi connectivity index (χ0n) is 22.9. The van der Waals surface area contributed by atoms with E-state index in [2.05, 4.69) is 44.1 Å². The van der Waals surface area contributed by atoms with E-state index < -0.39 is 5.97 Å². The molecule has 196 valence electrons. The highest BCUT2D eigenvalue weighted by Crippen LogP contribution is 2.39. The Morgan fingerprint density at radius 3 is 2.65 bits per heavy atom. The van der Waals surface area contributed by atoms with Gasteiger partial charge in [0.1, 0.15) is 11.5 Å². The molecule has 2 atom stereocenters. The lowest BCUT2D eigenvalue weighted by Gasteiger charge is -2.30. The highest BCUT2D eigenvalue weighted by molar-refractivity contribution is 6.05. The zero-order chi connectivity index (χ0) is 26.7. The molecule has 0 radical (unpaired) electrons. The molecule has 2 heterocycles. The first kappa shape index (κ1) is 26.8. The second kappa shape index (κ2) is 11.4. The number of fused-ring (bicyclic) bond motifs is 1. The summed E-state index contributed by atoms with van der Waals surface area (Å²) in [7, 11) is 1.98. The molecule has 5 nitrogen and oxygen atoms in total. The van der Waals surface area contributed by atoms with E-state index in [-0.39, 0.29) is 24.3 Å². The highest BCUT2D eigenvalue weighted by atomic mass is 19.1. The van der Waals surface area contributed by atoms with Gasteiger partial charge in [0.15, 0.2) is 0 Å². The molecule has 0 spiro atoms. The van der Waals surface area contributed by atoms with Crippen molar-refractivity contribution < 1.29 is 13.9 Å². The Morgan fingerprint density at radius 1 is 1.19 bits per heavy atom. The number of halogens is 1. The molecule has 0 amide bonds. The predicted octanol–water partition coefficient (Wildman–Crippen LogP) is 7.07. The van der Waals surface area contributed by atoms with Crippen LogP contribution in [0.5, 0.6) is 0 Å². The quantitative estimate of drug-likeness (QED) is 0.294. The van der Waals surface area contributed by atoms with Gasteiger partial charge in [-0.1, -0.05) is 45.4 Å². The van der Waals surface area contributed by atoms with Gasteiger partial charge in [-0.25, -0.2) is 14.2 Å². The van der Waals surface area contributed by atoms with Gasteiger partial charge in [-0.15, -0.1) is 0 Å². The standard InChI is InChI=1S/C31H38FN3O2/c1-7-10-11-21-12-13-23(17-26(21)32)28-18-24(20(5)30(33-28)31(36)37-9-3)19(4)22-14-15-27-25(16-22)29(8-2)35(6)34-27/h12-17,19,24H,7-11,18H2,1-6H3. The molecule has 1 aromatic heterocycles. The lowest BCUT2D eigenvalue weighted by Crippen LogP contribution is -2.25. The lowest BCUT2D eigenvalue weighted by molar-refractivity contribution is -0.138. The maximum atomic E-state index is 15.0. The fourth-order valence-corrected chi connectivity index (χ4v) is 5.45. The summed E-state index contributed by atoms with van der Waals surface area (Å²) in [6, 6.07) is 11.8. The van der Waals surface area contributed by atoms with Crippen LogP contribution in [0, 0.1) is 11.7 Å². The molecule has 3 aromatic rings. The molecule has 0 bridgehead atoms. The van der Waals surface area contributed by atoms with Gasteiger partial charge in [0.25, 0.3) is 0 Å². The van der Waals surface area contributed by atoms with Gasteiger partial charge >= 0.3 is 5.97 Å². The highest BCUT2D eigenvalue weighted by Gasteiger charge is 2.32. The summed E-state index contributed by atoms with van der Waals surface area (Å²) in [5.74, 6) is -0.506. The van der Waals surface area contributed by atoms with E-state index in [0.717, 1.165) is 59.0 Å². The Bertz CT molecular complexity index is 1370. The Morgan fingerprint density at radius 2 is 1.97 bits per heavy atom. The monoisotopic (exact) mass is 503 g/mol. The van der Waals surface area contributed by atoms with Crippen molar-refractivity contribution >= 4 is 22.6 Å². The molecule has 0 saturated heterocycles. The van der Waals surface area contributed by atoms with Crippen molar-refractivity contribution in [3.8, 4) is 0 Å². The van der Waals surface area contributed by atoms with E-state index >= 15 is 0 Å². The molecule has 0 fully saturated rings. The largest absolute Gasteiger partial charge is 0.461 e. The number of allylic oxidation sites excluding steroid dienone is 1. The first-order valence-corrected chi connectivity index (χ1v) is 13.5. The van der Waals surface area contributed by atoms with Crippen molar-refractivity contribution in [2.75, 3.05) is 6.61 Å². The minimum atomic E-state index is -0.426. The number of nitrogens with zero attached hydrogens (tertiary/aromatic N) is 3. The molecule has 0 N–H and O–H groups in total. The summed E-state index contributed by atoms with van der Waals surface area (Å²) in [5.41, 5.74) is 6.80. The number of carbonyl (C=O) groups excluding carboxylic acids is 1. The number of ether oxygens (including phenoxy) is 1. The van der Waals surface area contributed by atoms with Gasteiger partial charge in [-0.2, -0.15) is 5.10 Å². The normalized spacial score (nSPS) is 16.7. The first-order chi connectivity index (χ1) is 17.8. The third kappa shape index (κ3) is 5.39. The Hall–Kier alpha value is -3.28. The summed E-state index contributed by atoms with van der Waals surface area (Å²) < 4.78 is 22.3. The second-order valence-corrected chi connectivity index (χ2v) is 10.0. The second-order valence-electron chi connectivity index (χ2n) is 10.0. The molecule has 6 heteroatoms. The number of hydrogen-bond donors (Lipinski definition) is 0. The first-order valence-electron chi connectivity index (χ1n) is 13.5. The van der Waals surface area contributed by atoms with Crippen LogP contribution in [0.4, 0.5) is 4.39 Å². The average Bonchev–Trinajstić information content (AvgIpc) is 3.21. The number of aromatic nitrogens is 2. The van der Waals surface area contributed by atoms with Crippen LogP contribution in [0.15, 0.2) is 52.7 Å². The van der Waals surface area contributed by atoms with Crippen LogP contribution in [0.2, 0.25) is 0 Å². The molecule has 2 aromatic carbocycles. The van der Waals surface area contributed by atoms with E-state index in [9.17, 15) is 9.18 Å². The van der Waals surface area contributed by atoms with Crippen molar-refractivity contribution in [1.82, 2.24) is 9.78 Å². The lowest BCUT2D eigenvalue weighted by atomic mass is 9.76. The minimum Gasteiger partial charge on any atom is -0.461 e. The number of benzene rings is 2. The zero-order valence-corrected chi connectivity index (χ0v) is 22.9. The molecule has 1 aliphatic rings. The third-order valence-electron chi connectivity index (χ3n) is 7.69. The number of unbranched alkanes of at least 4 members (excludes halogenated alkanes) is 1. The summed E-state index contributed by atoms with van der Waals surface area (Å²) in [6.07, 6.45) is 4.21. The Balaban J connectivity index is 1.73. The van der Waals surface area contributed by atoms with Gasteiger partial charge < -0.3 is 4.74 Å². The van der Waals surface area contributed by atoms with E-state index in [1.54, 1.807) is 13.0 Å². The van der Waals surface area contributed by atoms with Crippen LogP contribution >= 0.6 is 0 Å². The van der Waals surface area contributed by atoms with E-state index in [1.165, 1.54) is 11.3 Å². The van der Waals surface area contributed by atoms with Crippen molar-refractivity contribution in [1.29, 1.82) is 0 Å². The fraction of sp³-hybridized carbons (Fsp3) is 0.452. The number of rotatable bonds is 9. The van der Waals surface area contributed by atoms with Crippen LogP contribution in [0.3, 0.4) is 0 Å². The van der Waals surface area contributed by atoms with Crippen LogP contribution in [-0.2, 0) is 29.4 Å². The van der Waals surface area contributed by atoms with Gasteiger partial charge in [0.2, 0.25) is 0 Å². The van der Waals surface area contributed by atoms with Gasteiger partial charge in [0.05, 0.1) is 12.1 Å². The maximum Gasteiger partial charge on any atom is 0.356 e. The molecular weight excluding hydrogens is 465 g/mol. The molecule has 2 unspecified atom stereocenters. The molecular formula is C31H38FN3O2. The minimum absolute atomic E-state index is 0.0222. The molecule has 1 aliphatic heterocycles. The molecule has 0 saturated carbocycles. The molecule has 37 heavy (non-hydrogen) atoms. The predicted molar refractivity (Wildman–Crippen MR) is 147 cm³/mol. The summed E-state index contributed by atoms with van der Waals surface area (Å²) in [6.45, 7) is 10.5. The van der Waals surface area contributed by atoms with Crippen LogP contribution in [0.1, 0.15) is 82.2 Å². The van der Waals surface area contributed by atoms with Gasteiger partial charge in [0, 0.05) is 23.8 Å². The van der Waals surface area contributed by atoms with Crippen molar-refractivity contribution in [3.05, 3.63) is 75.9 Å². The van der Waals surface area contributed by atoms with Gasteiger partial charge in [-0.05, 0) is 91.8 Å². The fourth-order valence-electron chi connectivity index (χ4n) is 5.45. The van der Waals surface area contributed by atoms with Crippen LogP contribution in [0.25, 0.3) is 10.9 Å².